The van der Waals surface area contributed by atoms with E-state index in [1.807, 2.05) is 109 Å². The van der Waals surface area contributed by atoms with Gasteiger partial charge in [0.25, 0.3) is 0 Å². The zero-order valence-electron chi connectivity index (χ0n) is 33.5. The molecule has 11 heteroatoms. The van der Waals surface area contributed by atoms with Crippen molar-refractivity contribution >= 4 is 34.5 Å². The van der Waals surface area contributed by atoms with E-state index < -0.39 is 47.5 Å². The lowest BCUT2D eigenvalue weighted by molar-refractivity contribution is -0.147. The molecule has 2 heterocycles. The van der Waals surface area contributed by atoms with Crippen molar-refractivity contribution in [2.75, 3.05) is 13.7 Å². The molecule has 2 fully saturated rings. The lowest BCUT2D eigenvalue weighted by Crippen LogP contribution is -2.44. The number of hydrogen-bond acceptors (Lipinski definition) is 8. The number of carboxylic acids is 1. The number of rotatable bonds is 16. The van der Waals surface area contributed by atoms with Gasteiger partial charge in [0.05, 0.1) is 48.5 Å². The van der Waals surface area contributed by atoms with Crippen molar-refractivity contribution in [1.29, 1.82) is 0 Å². The molecule has 1 saturated carbocycles. The number of aryl methyl sites for hydroxylation is 1. The van der Waals surface area contributed by atoms with Gasteiger partial charge in [0.2, 0.25) is 11.8 Å². The molecule has 1 aliphatic heterocycles. The topological polar surface area (TPSA) is 155 Å². The SMILES string of the molecule is C=CC1C[C@]1(CC(=O)[C@@H]1C[C@@H](Oc2cc(-c3ccccc3)nc3cc(OC)ccc23)CN1C(=O)C[C@@H](CCc1ccccc1)C(=O)N[C@H]1c2ccccc2C[C@H]1O)C(=O)O. The number of carboxylic acid groups (broad SMARTS) is 1. The number of carbonyl (C=O) groups is 4. The fourth-order valence-electron chi connectivity index (χ4n) is 9.06. The summed E-state index contributed by atoms with van der Waals surface area (Å²) < 4.78 is 12.2. The molecule has 8 rings (SSSR count). The molecule has 3 aliphatic rings. The van der Waals surface area contributed by atoms with Gasteiger partial charge in [0, 0.05) is 54.7 Å². The van der Waals surface area contributed by atoms with Gasteiger partial charge in [-0.2, -0.15) is 0 Å². The molecule has 60 heavy (non-hydrogen) atoms. The predicted molar refractivity (Wildman–Crippen MR) is 226 cm³/mol. The zero-order chi connectivity index (χ0) is 42.0. The molecule has 2 amide bonds. The second-order valence-corrected chi connectivity index (χ2v) is 16.3. The number of benzene rings is 4. The predicted octanol–water partition coefficient (Wildman–Crippen LogP) is 6.91. The van der Waals surface area contributed by atoms with Gasteiger partial charge >= 0.3 is 5.97 Å². The van der Waals surface area contributed by atoms with Crippen LogP contribution in [0.5, 0.6) is 11.5 Å². The van der Waals surface area contributed by atoms with Crippen molar-refractivity contribution < 1.29 is 38.9 Å². The van der Waals surface area contributed by atoms with Crippen LogP contribution in [0.25, 0.3) is 22.2 Å². The van der Waals surface area contributed by atoms with Crippen LogP contribution in [-0.4, -0.2) is 75.6 Å². The number of fused-ring (bicyclic) bond motifs is 2. The van der Waals surface area contributed by atoms with Gasteiger partial charge in [-0.3, -0.25) is 19.2 Å². The molecule has 2 aliphatic carbocycles. The number of ketones is 1. The van der Waals surface area contributed by atoms with Crippen LogP contribution >= 0.6 is 0 Å². The van der Waals surface area contributed by atoms with E-state index in [2.05, 4.69) is 11.9 Å². The number of carbonyl (C=O) groups excluding carboxylic acids is 3. The van der Waals surface area contributed by atoms with Crippen LogP contribution in [0.1, 0.15) is 54.8 Å². The molecule has 4 aromatic carbocycles. The molecule has 0 radical (unpaired) electrons. The highest BCUT2D eigenvalue weighted by atomic mass is 16.5. The lowest BCUT2D eigenvalue weighted by Gasteiger charge is -2.27. The summed E-state index contributed by atoms with van der Waals surface area (Å²) >= 11 is 0. The van der Waals surface area contributed by atoms with Gasteiger partial charge in [-0.1, -0.05) is 91.0 Å². The maximum atomic E-state index is 14.7. The van der Waals surface area contributed by atoms with Crippen LogP contribution < -0.4 is 14.8 Å². The number of amides is 2. The highest BCUT2D eigenvalue weighted by Gasteiger charge is 2.61. The van der Waals surface area contributed by atoms with E-state index >= 15 is 0 Å². The Balaban J connectivity index is 1.09. The summed E-state index contributed by atoms with van der Waals surface area (Å²) in [6.45, 7) is 3.83. The molecule has 0 bridgehead atoms. The first kappa shape index (κ1) is 40.4. The van der Waals surface area contributed by atoms with Crippen LogP contribution in [0.3, 0.4) is 0 Å². The molecule has 11 nitrogen and oxygen atoms in total. The Morgan fingerprint density at radius 1 is 0.983 bits per heavy atom. The van der Waals surface area contributed by atoms with E-state index in [1.54, 1.807) is 13.2 Å². The van der Waals surface area contributed by atoms with Crippen molar-refractivity contribution in [3.05, 3.63) is 139 Å². The number of methoxy groups -OCH3 is 1. The largest absolute Gasteiger partial charge is 0.497 e. The monoisotopic (exact) mass is 807 g/mol. The average Bonchev–Trinajstić information content (AvgIpc) is 3.68. The summed E-state index contributed by atoms with van der Waals surface area (Å²) in [5, 5.41) is 25.0. The van der Waals surface area contributed by atoms with E-state index in [9.17, 15) is 29.4 Å². The minimum atomic E-state index is -1.27. The number of ether oxygens (including phenoxy) is 2. The number of nitrogens with zero attached hydrogens (tertiary/aromatic N) is 2. The smallest absolute Gasteiger partial charge is 0.310 e. The van der Waals surface area contributed by atoms with Crippen LogP contribution in [0.4, 0.5) is 0 Å². The molecule has 308 valence electrons. The number of aliphatic hydroxyl groups is 1. The zero-order valence-corrected chi connectivity index (χ0v) is 33.5. The van der Waals surface area contributed by atoms with Gasteiger partial charge in [0.15, 0.2) is 5.78 Å². The number of Topliss-reactive ketones (excluding diaryl/α,β-unsaturated/α-hetero) is 1. The molecular formula is C49H49N3O8. The van der Waals surface area contributed by atoms with Crippen molar-refractivity contribution in [1.82, 2.24) is 15.2 Å². The Morgan fingerprint density at radius 2 is 1.72 bits per heavy atom. The Bertz CT molecular complexity index is 2420. The Morgan fingerprint density at radius 3 is 2.43 bits per heavy atom. The van der Waals surface area contributed by atoms with Gasteiger partial charge < -0.3 is 29.9 Å². The van der Waals surface area contributed by atoms with Crippen LogP contribution in [0.2, 0.25) is 0 Å². The Hall–Kier alpha value is -6.33. The summed E-state index contributed by atoms with van der Waals surface area (Å²) in [4.78, 5) is 62.1. The minimum absolute atomic E-state index is 0.0442. The lowest BCUT2D eigenvalue weighted by atomic mass is 9.91. The van der Waals surface area contributed by atoms with Gasteiger partial charge in [-0.25, -0.2) is 4.98 Å². The van der Waals surface area contributed by atoms with Gasteiger partial charge in [-0.15, -0.1) is 6.58 Å². The van der Waals surface area contributed by atoms with Crippen molar-refractivity contribution in [2.24, 2.45) is 17.3 Å². The highest BCUT2D eigenvalue weighted by Crippen LogP contribution is 2.56. The van der Waals surface area contributed by atoms with Crippen LogP contribution in [0, 0.1) is 17.3 Å². The van der Waals surface area contributed by atoms with E-state index in [-0.39, 0.29) is 43.4 Å². The number of aliphatic hydroxyl groups excluding tert-OH is 1. The first-order chi connectivity index (χ1) is 29.1. The van der Waals surface area contributed by atoms with Crippen molar-refractivity contribution in [3.63, 3.8) is 0 Å². The van der Waals surface area contributed by atoms with Crippen molar-refractivity contribution in [3.8, 4) is 22.8 Å². The molecule has 0 spiro atoms. The Kier molecular flexibility index (Phi) is 11.5. The second kappa shape index (κ2) is 17.1. The van der Waals surface area contributed by atoms with Gasteiger partial charge in [0.1, 0.15) is 17.6 Å². The summed E-state index contributed by atoms with van der Waals surface area (Å²) in [5.41, 5.74) is 3.72. The fourth-order valence-corrected chi connectivity index (χ4v) is 9.06. The molecule has 1 unspecified atom stereocenters. The minimum Gasteiger partial charge on any atom is -0.497 e. The summed E-state index contributed by atoms with van der Waals surface area (Å²) in [6, 6.07) is 32.7. The van der Waals surface area contributed by atoms with E-state index in [1.165, 1.54) is 4.90 Å². The number of aliphatic carboxylic acids is 1. The van der Waals surface area contributed by atoms with Gasteiger partial charge in [-0.05, 0) is 54.0 Å². The molecular weight excluding hydrogens is 759 g/mol. The number of pyridine rings is 1. The molecule has 7 atom stereocenters. The average molecular weight is 808 g/mol. The third-order valence-corrected chi connectivity index (χ3v) is 12.5. The third kappa shape index (κ3) is 8.27. The number of nitrogens with one attached hydrogen (secondary N) is 1. The molecule has 3 N–H and O–H groups in total. The molecule has 5 aromatic rings. The maximum Gasteiger partial charge on any atom is 0.310 e. The summed E-state index contributed by atoms with van der Waals surface area (Å²) in [6.07, 6.45) is 1.37. The number of aromatic nitrogens is 1. The fraction of sp³-hybridized carbons (Fsp3) is 0.327. The van der Waals surface area contributed by atoms with Crippen LogP contribution in [-0.2, 0) is 32.0 Å². The summed E-state index contributed by atoms with van der Waals surface area (Å²) in [5.74, 6) is -2.21. The molecule has 1 saturated heterocycles. The highest BCUT2D eigenvalue weighted by molar-refractivity contribution is 5.95. The number of allylic oxidation sites excluding steroid dienone is 1. The first-order valence-corrected chi connectivity index (χ1v) is 20.6. The van der Waals surface area contributed by atoms with E-state index in [4.69, 9.17) is 14.5 Å². The van der Waals surface area contributed by atoms with Crippen molar-refractivity contribution in [2.45, 2.75) is 69.2 Å². The number of likely N-dealkylation sites (tertiary alicyclic amines) is 1. The molecule has 1 aromatic heterocycles. The quantitative estimate of drug-likeness (QED) is 0.0903. The number of hydrogen-bond donors (Lipinski definition) is 3. The standard InChI is InChI=1S/C49H49N3O8/c1-3-34-27-49(34,48(57)58)28-43(54)41-25-36(60-44-26-39(31-14-8-5-9-15-31)50-40-24-35(59-2)20-21-38(40)44)29-52(41)45(55)23-33(19-18-30-12-6-4-7-13-30)47(56)51-46-37-17-11-10-16-32(37)22-42(46)53/h3-17,20-21,24,26,33-34,36,41-42,46,53H,1,18-19,22-23,25,27-29H2,2H3,(H,51,56)(H,57,58)/t33-,34?,36-,41+,42-,46+,49-/m1/s1. The van der Waals surface area contributed by atoms with E-state index in [0.29, 0.717) is 53.8 Å². The Labute approximate surface area is 349 Å². The summed E-state index contributed by atoms with van der Waals surface area (Å²) in [7, 11) is 1.58. The third-order valence-electron chi connectivity index (χ3n) is 12.5. The van der Waals surface area contributed by atoms with E-state index in [0.717, 1.165) is 22.3 Å². The second-order valence-electron chi connectivity index (χ2n) is 16.3. The first-order valence-electron chi connectivity index (χ1n) is 20.6. The maximum absolute atomic E-state index is 14.7. The normalized spacial score (nSPS) is 23.4. The van der Waals surface area contributed by atoms with Crippen LogP contribution in [0.15, 0.2) is 122 Å².